The second-order valence-electron chi connectivity index (χ2n) is 7.68. The zero-order chi connectivity index (χ0) is 24.3. The summed E-state index contributed by atoms with van der Waals surface area (Å²) in [5, 5.41) is 14.6. The maximum atomic E-state index is 12.4. The molecule has 3 rings (SSSR count). The smallest absolute Gasteiger partial charge is 0.312 e. The van der Waals surface area contributed by atoms with Crippen LogP contribution in [0.5, 0.6) is 11.5 Å². The number of nitrogens with one attached hydrogen (secondary N) is 2. The highest BCUT2D eigenvalue weighted by molar-refractivity contribution is 6.35. The Hall–Kier alpha value is -4.14. The lowest BCUT2D eigenvalue weighted by Gasteiger charge is -2.33. The number of nitrogens with zero attached hydrogens (tertiary/aromatic N) is 2. The zero-order valence-electron chi connectivity index (χ0n) is 18.9. The molecular formula is C25H29N5O4. The Kier molecular flexibility index (Phi) is 8.79. The number of benzene rings is 2. The SMILES string of the molecule is N=Cc1ccc(OC/C=C/CN2CCN(CCCOc3ccc(C(=N)N)cc3)C(=O)C2=O)cc1. The molecule has 1 fully saturated rings. The van der Waals surface area contributed by atoms with Crippen molar-refractivity contribution in [2.45, 2.75) is 6.42 Å². The van der Waals surface area contributed by atoms with Crippen LogP contribution in [0.15, 0.2) is 60.7 Å². The van der Waals surface area contributed by atoms with E-state index in [4.69, 9.17) is 26.0 Å². The van der Waals surface area contributed by atoms with Crippen LogP contribution < -0.4 is 15.2 Å². The number of piperazine rings is 1. The van der Waals surface area contributed by atoms with Gasteiger partial charge in [0.1, 0.15) is 23.9 Å². The second-order valence-corrected chi connectivity index (χ2v) is 7.68. The molecule has 0 radical (unpaired) electrons. The van der Waals surface area contributed by atoms with Gasteiger partial charge in [0, 0.05) is 38.0 Å². The first kappa shape index (κ1) is 24.5. The first-order valence-corrected chi connectivity index (χ1v) is 11.0. The zero-order valence-corrected chi connectivity index (χ0v) is 18.9. The Morgan fingerprint density at radius 3 is 2.21 bits per heavy atom. The van der Waals surface area contributed by atoms with E-state index >= 15 is 0 Å². The van der Waals surface area contributed by atoms with Gasteiger partial charge in [0.2, 0.25) is 0 Å². The third-order valence-electron chi connectivity index (χ3n) is 5.29. The fourth-order valence-electron chi connectivity index (χ4n) is 3.35. The summed E-state index contributed by atoms with van der Waals surface area (Å²) in [6.07, 6.45) is 5.51. The molecule has 178 valence electrons. The molecule has 0 unspecified atom stereocenters. The van der Waals surface area contributed by atoms with Crippen molar-refractivity contribution in [1.29, 1.82) is 10.8 Å². The van der Waals surface area contributed by atoms with Crippen molar-refractivity contribution in [2.24, 2.45) is 5.73 Å². The van der Waals surface area contributed by atoms with E-state index in [0.717, 1.165) is 5.56 Å². The summed E-state index contributed by atoms with van der Waals surface area (Å²) < 4.78 is 11.3. The number of amidine groups is 1. The average molecular weight is 464 g/mol. The minimum Gasteiger partial charge on any atom is -0.494 e. The number of carbonyl (C=O) groups is 2. The number of carbonyl (C=O) groups excluding carboxylic acids is 2. The van der Waals surface area contributed by atoms with Gasteiger partial charge in [0.05, 0.1) is 6.61 Å². The van der Waals surface area contributed by atoms with Crippen LogP contribution in [0.3, 0.4) is 0 Å². The number of nitrogens with two attached hydrogens (primary N) is 1. The summed E-state index contributed by atoms with van der Waals surface area (Å²) in [4.78, 5) is 27.9. The highest BCUT2D eigenvalue weighted by Gasteiger charge is 2.31. The van der Waals surface area contributed by atoms with Crippen molar-refractivity contribution in [3.05, 3.63) is 71.8 Å². The molecule has 4 N–H and O–H groups in total. The van der Waals surface area contributed by atoms with Crippen LogP contribution in [-0.4, -0.2) is 73.1 Å². The van der Waals surface area contributed by atoms with Crippen LogP contribution >= 0.6 is 0 Å². The molecule has 0 aromatic heterocycles. The molecule has 1 aliphatic rings. The number of nitrogen functional groups attached to an aromatic ring is 1. The standard InChI is InChI=1S/C25H29N5O4/c26-18-19-4-8-21(9-5-19)33-16-2-1-12-29-14-15-30(25(32)24(29)31)13-3-17-34-22-10-6-20(7-11-22)23(27)28/h1-2,4-11,18,26H,3,12-17H2,(H3,27,28)/b2-1+,26-18?. The normalized spacial score (nSPS) is 13.9. The highest BCUT2D eigenvalue weighted by atomic mass is 16.5. The molecule has 2 aromatic carbocycles. The number of hydrogen-bond donors (Lipinski definition) is 3. The molecule has 1 saturated heterocycles. The summed E-state index contributed by atoms with van der Waals surface area (Å²) in [6.45, 7) is 2.53. The molecule has 0 saturated carbocycles. The molecule has 34 heavy (non-hydrogen) atoms. The summed E-state index contributed by atoms with van der Waals surface area (Å²) in [5.74, 6) is 0.375. The Labute approximate surface area is 198 Å². The van der Waals surface area contributed by atoms with Gasteiger partial charge in [-0.25, -0.2) is 0 Å². The Morgan fingerprint density at radius 1 is 0.912 bits per heavy atom. The summed E-state index contributed by atoms with van der Waals surface area (Å²) in [5.41, 5.74) is 6.87. The molecule has 2 amide bonds. The van der Waals surface area contributed by atoms with Crippen molar-refractivity contribution < 1.29 is 19.1 Å². The summed E-state index contributed by atoms with van der Waals surface area (Å²) in [7, 11) is 0. The fraction of sp³-hybridized carbons (Fsp3) is 0.280. The van der Waals surface area contributed by atoms with E-state index in [0.29, 0.717) is 62.9 Å². The largest absolute Gasteiger partial charge is 0.494 e. The van der Waals surface area contributed by atoms with Crippen molar-refractivity contribution in [3.8, 4) is 11.5 Å². The topological polar surface area (TPSA) is 133 Å². The van der Waals surface area contributed by atoms with E-state index in [1.807, 2.05) is 12.2 Å². The van der Waals surface area contributed by atoms with Crippen LogP contribution in [0.25, 0.3) is 0 Å². The quantitative estimate of drug-likeness (QED) is 0.146. The van der Waals surface area contributed by atoms with Crippen LogP contribution in [-0.2, 0) is 9.59 Å². The molecule has 0 bridgehead atoms. The van der Waals surface area contributed by atoms with Crippen LogP contribution in [0, 0.1) is 10.8 Å². The van der Waals surface area contributed by atoms with Gasteiger partial charge in [-0.15, -0.1) is 0 Å². The molecular weight excluding hydrogens is 434 g/mol. The first-order chi connectivity index (χ1) is 16.5. The van der Waals surface area contributed by atoms with Gasteiger partial charge in [0.25, 0.3) is 0 Å². The Balaban J connectivity index is 1.34. The van der Waals surface area contributed by atoms with Gasteiger partial charge in [-0.3, -0.25) is 15.0 Å². The number of amides is 2. The molecule has 9 heteroatoms. The molecule has 1 aliphatic heterocycles. The maximum Gasteiger partial charge on any atom is 0.312 e. The van der Waals surface area contributed by atoms with Crippen LogP contribution in [0.1, 0.15) is 17.5 Å². The minimum absolute atomic E-state index is 0.00342. The average Bonchev–Trinajstić information content (AvgIpc) is 2.85. The van der Waals surface area contributed by atoms with Gasteiger partial charge in [-0.1, -0.05) is 6.08 Å². The van der Waals surface area contributed by atoms with Crippen molar-refractivity contribution in [3.63, 3.8) is 0 Å². The molecule has 0 aliphatic carbocycles. The van der Waals surface area contributed by atoms with Gasteiger partial charge >= 0.3 is 11.8 Å². The molecule has 0 spiro atoms. The van der Waals surface area contributed by atoms with E-state index in [1.54, 1.807) is 53.4 Å². The van der Waals surface area contributed by atoms with E-state index in [-0.39, 0.29) is 5.84 Å². The molecule has 0 atom stereocenters. The molecule has 9 nitrogen and oxygen atoms in total. The summed E-state index contributed by atoms with van der Waals surface area (Å²) >= 11 is 0. The van der Waals surface area contributed by atoms with Crippen LogP contribution in [0.2, 0.25) is 0 Å². The van der Waals surface area contributed by atoms with Gasteiger partial charge in [0.15, 0.2) is 0 Å². The van der Waals surface area contributed by atoms with E-state index in [1.165, 1.54) is 11.1 Å². The van der Waals surface area contributed by atoms with Crippen LogP contribution in [0.4, 0.5) is 0 Å². The number of hydrogen-bond acceptors (Lipinski definition) is 6. The van der Waals surface area contributed by atoms with E-state index in [2.05, 4.69) is 0 Å². The third-order valence-corrected chi connectivity index (χ3v) is 5.29. The van der Waals surface area contributed by atoms with Crippen molar-refractivity contribution in [1.82, 2.24) is 9.80 Å². The lowest BCUT2D eigenvalue weighted by Crippen LogP contribution is -2.54. The van der Waals surface area contributed by atoms with Crippen molar-refractivity contribution in [2.75, 3.05) is 39.4 Å². The Bertz CT molecular complexity index is 1030. The monoisotopic (exact) mass is 463 g/mol. The fourth-order valence-corrected chi connectivity index (χ4v) is 3.35. The van der Waals surface area contributed by atoms with Gasteiger partial charge in [-0.05, 0) is 66.6 Å². The Morgan fingerprint density at radius 2 is 1.53 bits per heavy atom. The van der Waals surface area contributed by atoms with Gasteiger partial charge in [-0.2, -0.15) is 0 Å². The van der Waals surface area contributed by atoms with Gasteiger partial charge < -0.3 is 30.4 Å². The van der Waals surface area contributed by atoms with E-state index in [9.17, 15) is 9.59 Å². The highest BCUT2D eigenvalue weighted by Crippen LogP contribution is 2.13. The molecule has 2 aromatic rings. The lowest BCUT2D eigenvalue weighted by atomic mass is 10.2. The number of ether oxygens (including phenoxy) is 2. The maximum absolute atomic E-state index is 12.4. The molecule has 1 heterocycles. The predicted octanol–water partition coefficient (Wildman–Crippen LogP) is 2.04. The number of rotatable bonds is 12. The predicted molar refractivity (Wildman–Crippen MR) is 130 cm³/mol. The second kappa shape index (κ2) is 12.2. The van der Waals surface area contributed by atoms with Crippen molar-refractivity contribution >= 4 is 23.9 Å². The summed E-state index contributed by atoms with van der Waals surface area (Å²) in [6, 6.07) is 14.1. The lowest BCUT2D eigenvalue weighted by molar-refractivity contribution is -0.155. The minimum atomic E-state index is -0.500. The van der Waals surface area contributed by atoms with E-state index < -0.39 is 11.8 Å². The first-order valence-electron chi connectivity index (χ1n) is 11.0. The third kappa shape index (κ3) is 6.93.